The van der Waals surface area contributed by atoms with Gasteiger partial charge in [0.1, 0.15) is 10.4 Å². The Morgan fingerprint density at radius 2 is 1.80 bits per heavy atom. The molecule has 0 unspecified atom stereocenters. The minimum atomic E-state index is -0.397. The van der Waals surface area contributed by atoms with Crippen LogP contribution < -0.4 is 4.90 Å². The Bertz CT molecular complexity index is 1000. The van der Waals surface area contributed by atoms with Gasteiger partial charge in [0.2, 0.25) is 11.0 Å². The first-order valence-corrected chi connectivity index (χ1v) is 12.4. The molecular formula is C21H22N4O3S2. The van der Waals surface area contributed by atoms with Crippen molar-refractivity contribution in [3.05, 3.63) is 45.0 Å². The van der Waals surface area contributed by atoms with E-state index in [1.165, 1.54) is 56.4 Å². The molecule has 1 aromatic carbocycles. The van der Waals surface area contributed by atoms with E-state index in [-0.39, 0.29) is 22.4 Å². The number of hydrogen-bond acceptors (Lipinski definition) is 7. The Hall–Kier alpha value is -2.00. The lowest BCUT2D eigenvalue weighted by Crippen LogP contribution is -2.48. The van der Waals surface area contributed by atoms with Gasteiger partial charge >= 0.3 is 0 Å². The zero-order valence-corrected chi connectivity index (χ0v) is 18.0. The van der Waals surface area contributed by atoms with Crippen LogP contribution in [-0.2, 0) is 10.2 Å². The van der Waals surface area contributed by atoms with Crippen LogP contribution in [-0.4, -0.2) is 26.8 Å². The van der Waals surface area contributed by atoms with Crippen molar-refractivity contribution < 1.29 is 9.72 Å². The maximum Gasteiger partial charge on any atom is 0.269 e. The van der Waals surface area contributed by atoms with Gasteiger partial charge in [-0.25, -0.2) is 0 Å². The van der Waals surface area contributed by atoms with Crippen molar-refractivity contribution in [1.29, 1.82) is 0 Å². The molecule has 1 amide bonds. The van der Waals surface area contributed by atoms with E-state index in [0.717, 1.165) is 28.3 Å². The summed E-state index contributed by atoms with van der Waals surface area (Å²) in [7, 11) is 0. The summed E-state index contributed by atoms with van der Waals surface area (Å²) in [5, 5.41) is 21.7. The maximum atomic E-state index is 12.7. The molecule has 4 bridgehead atoms. The third-order valence-corrected chi connectivity index (χ3v) is 9.73. The first kappa shape index (κ1) is 18.7. The first-order valence-electron chi connectivity index (χ1n) is 10.5. The predicted molar refractivity (Wildman–Crippen MR) is 116 cm³/mol. The van der Waals surface area contributed by atoms with Crippen LogP contribution in [0.15, 0.2) is 24.3 Å². The molecule has 1 aliphatic heterocycles. The molecule has 0 radical (unpaired) electrons. The van der Waals surface area contributed by atoms with E-state index < -0.39 is 4.92 Å². The number of amides is 1. The Balaban J connectivity index is 1.33. The number of non-ortho nitro benzene ring substituents is 1. The summed E-state index contributed by atoms with van der Waals surface area (Å²) in [5.41, 5.74) is 0.951. The number of rotatable bonds is 4. The molecule has 5 fully saturated rings. The molecule has 9 heteroatoms. The first-order chi connectivity index (χ1) is 14.5. The number of anilines is 1. The molecule has 2 heterocycles. The largest absolute Gasteiger partial charge is 0.273 e. The fraction of sp³-hybridized carbons (Fsp3) is 0.571. The molecule has 7 nitrogen and oxygen atoms in total. The van der Waals surface area contributed by atoms with Gasteiger partial charge in [0.05, 0.1) is 10.7 Å². The molecule has 0 spiro atoms. The number of carbonyl (C=O) groups is 1. The molecule has 4 aliphatic carbocycles. The average Bonchev–Trinajstić information content (AvgIpc) is 3.34. The standard InChI is InChI=1S/C21H22N4O3S2/c26-17-11-29-18(15-2-1-3-16(7-15)25(27)28)24(17)20-23-22-19(30-20)21-8-12-4-13(9-21)6-14(5-12)10-21/h1-3,7,12-14,18H,4-6,8-11H2/t12?,13?,14?,18-,21?/m1/s1. The van der Waals surface area contributed by atoms with Gasteiger partial charge < -0.3 is 0 Å². The fourth-order valence-corrected chi connectivity index (χ4v) is 8.89. The third kappa shape index (κ3) is 2.89. The Labute approximate surface area is 182 Å². The number of nitrogens with zero attached hydrogens (tertiary/aromatic N) is 4. The van der Waals surface area contributed by atoms with Crippen molar-refractivity contribution in [3.63, 3.8) is 0 Å². The summed E-state index contributed by atoms with van der Waals surface area (Å²) in [6, 6.07) is 6.56. The molecule has 1 saturated heterocycles. The maximum absolute atomic E-state index is 12.7. The number of nitro benzene ring substituents is 1. The highest BCUT2D eigenvalue weighted by molar-refractivity contribution is 8.00. The zero-order chi connectivity index (χ0) is 20.5. The van der Waals surface area contributed by atoms with Gasteiger partial charge in [-0.3, -0.25) is 19.8 Å². The van der Waals surface area contributed by atoms with Crippen LogP contribution in [0.1, 0.15) is 54.5 Å². The molecule has 7 rings (SSSR count). The molecule has 5 aliphatic rings. The van der Waals surface area contributed by atoms with Crippen LogP contribution in [0.5, 0.6) is 0 Å². The van der Waals surface area contributed by atoms with Crippen molar-refractivity contribution >= 4 is 39.8 Å². The number of carbonyl (C=O) groups excluding carboxylic acids is 1. The second-order valence-corrected chi connectivity index (χ2v) is 11.4. The zero-order valence-electron chi connectivity index (χ0n) is 16.4. The lowest BCUT2D eigenvalue weighted by molar-refractivity contribution is -0.384. The van der Waals surface area contributed by atoms with Crippen LogP contribution in [0.2, 0.25) is 0 Å². The molecule has 30 heavy (non-hydrogen) atoms. The summed E-state index contributed by atoms with van der Waals surface area (Å²) in [4.78, 5) is 25.2. The van der Waals surface area contributed by atoms with Gasteiger partial charge in [0, 0.05) is 17.5 Å². The Morgan fingerprint density at radius 1 is 1.10 bits per heavy atom. The number of benzene rings is 1. The van der Waals surface area contributed by atoms with Crippen molar-refractivity contribution in [3.8, 4) is 0 Å². The number of nitro groups is 1. The van der Waals surface area contributed by atoms with Crippen LogP contribution in [0.25, 0.3) is 0 Å². The number of aromatic nitrogens is 2. The Kier molecular flexibility index (Phi) is 4.22. The highest BCUT2D eigenvalue weighted by atomic mass is 32.2. The lowest BCUT2D eigenvalue weighted by atomic mass is 9.50. The summed E-state index contributed by atoms with van der Waals surface area (Å²) < 4.78 is 0. The second kappa shape index (κ2) is 6.75. The van der Waals surface area contributed by atoms with E-state index >= 15 is 0 Å². The molecule has 2 aromatic rings. The van der Waals surface area contributed by atoms with E-state index in [2.05, 4.69) is 10.2 Å². The predicted octanol–water partition coefficient (Wildman–Crippen LogP) is 4.69. The molecule has 4 saturated carbocycles. The van der Waals surface area contributed by atoms with E-state index in [1.807, 2.05) is 6.07 Å². The van der Waals surface area contributed by atoms with Gasteiger partial charge in [-0.15, -0.1) is 22.0 Å². The summed E-state index contributed by atoms with van der Waals surface area (Å²) in [6.45, 7) is 0. The van der Waals surface area contributed by atoms with Crippen LogP contribution in [0, 0.1) is 27.9 Å². The van der Waals surface area contributed by atoms with E-state index in [0.29, 0.717) is 10.9 Å². The van der Waals surface area contributed by atoms with Crippen molar-refractivity contribution in [1.82, 2.24) is 10.2 Å². The minimum absolute atomic E-state index is 0.00952. The van der Waals surface area contributed by atoms with Crippen LogP contribution >= 0.6 is 23.1 Å². The van der Waals surface area contributed by atoms with E-state index in [9.17, 15) is 14.9 Å². The molecular weight excluding hydrogens is 420 g/mol. The van der Waals surface area contributed by atoms with Gasteiger partial charge in [0.15, 0.2) is 0 Å². The van der Waals surface area contributed by atoms with Gasteiger partial charge in [0.25, 0.3) is 5.69 Å². The second-order valence-electron chi connectivity index (χ2n) is 9.37. The number of hydrogen-bond donors (Lipinski definition) is 0. The summed E-state index contributed by atoms with van der Waals surface area (Å²) in [6.07, 6.45) is 7.77. The van der Waals surface area contributed by atoms with Crippen LogP contribution in [0.3, 0.4) is 0 Å². The van der Waals surface area contributed by atoms with Gasteiger partial charge in [-0.05, 0) is 61.8 Å². The average molecular weight is 443 g/mol. The molecule has 1 atom stereocenters. The van der Waals surface area contributed by atoms with E-state index in [1.54, 1.807) is 28.4 Å². The van der Waals surface area contributed by atoms with Crippen molar-refractivity contribution in [2.75, 3.05) is 10.7 Å². The normalized spacial score (nSPS) is 34.7. The molecule has 0 N–H and O–H groups in total. The van der Waals surface area contributed by atoms with Crippen LogP contribution in [0.4, 0.5) is 10.8 Å². The summed E-state index contributed by atoms with van der Waals surface area (Å²) >= 11 is 3.06. The van der Waals surface area contributed by atoms with Crippen molar-refractivity contribution in [2.24, 2.45) is 17.8 Å². The molecule has 156 valence electrons. The van der Waals surface area contributed by atoms with Crippen molar-refractivity contribution in [2.45, 2.75) is 49.3 Å². The monoisotopic (exact) mass is 442 g/mol. The minimum Gasteiger partial charge on any atom is -0.273 e. The summed E-state index contributed by atoms with van der Waals surface area (Å²) in [5.74, 6) is 2.81. The van der Waals surface area contributed by atoms with E-state index in [4.69, 9.17) is 0 Å². The smallest absolute Gasteiger partial charge is 0.269 e. The highest BCUT2D eigenvalue weighted by Crippen LogP contribution is 2.61. The molecule has 1 aromatic heterocycles. The van der Waals surface area contributed by atoms with Gasteiger partial charge in [-0.2, -0.15) is 0 Å². The Morgan fingerprint density at radius 3 is 2.47 bits per heavy atom. The van der Waals surface area contributed by atoms with Gasteiger partial charge in [-0.1, -0.05) is 23.5 Å². The fourth-order valence-electron chi connectivity index (χ4n) is 6.57. The lowest BCUT2D eigenvalue weighted by Gasteiger charge is -2.55. The topological polar surface area (TPSA) is 89.2 Å². The number of thioether (sulfide) groups is 1. The third-order valence-electron chi connectivity index (χ3n) is 7.35. The SMILES string of the molecule is O=C1CS[C@H](c2cccc([N+](=O)[O-])c2)N1c1nnc(C23CC4CC(CC(C4)C2)C3)s1. The quantitative estimate of drug-likeness (QED) is 0.504. The highest BCUT2D eigenvalue weighted by Gasteiger charge is 2.53.